The Morgan fingerprint density at radius 3 is 2.25 bits per heavy atom. The fourth-order valence-corrected chi connectivity index (χ4v) is 1.57. The molecule has 0 heterocycles. The number of hydrogen-bond donors (Lipinski definition) is 3. The second-order valence-electron chi connectivity index (χ2n) is 3.79. The van der Waals surface area contributed by atoms with E-state index in [-0.39, 0.29) is 0 Å². The average molecular weight is 213 g/mol. The molecule has 2 aromatic carbocycles. The van der Waals surface area contributed by atoms with E-state index in [0.29, 0.717) is 0 Å². The lowest BCUT2D eigenvalue weighted by atomic mass is 10.1. The Morgan fingerprint density at radius 1 is 0.938 bits per heavy atom. The molecule has 0 aromatic heterocycles. The van der Waals surface area contributed by atoms with Gasteiger partial charge in [0, 0.05) is 11.4 Å². The zero-order valence-corrected chi connectivity index (χ0v) is 9.20. The van der Waals surface area contributed by atoms with E-state index in [1.54, 1.807) is 0 Å². The number of nitrogen functional groups attached to an aromatic ring is 2. The van der Waals surface area contributed by atoms with Crippen LogP contribution in [0.5, 0.6) is 0 Å². The van der Waals surface area contributed by atoms with Crippen molar-refractivity contribution in [2.24, 2.45) is 0 Å². The van der Waals surface area contributed by atoms with Gasteiger partial charge in [-0.3, -0.25) is 0 Å². The number of hydrogen-bond acceptors (Lipinski definition) is 3. The van der Waals surface area contributed by atoms with Gasteiger partial charge in [-0.15, -0.1) is 0 Å². The molecule has 2 rings (SSSR count). The Bertz CT molecular complexity index is 469. The van der Waals surface area contributed by atoms with Crippen LogP contribution < -0.4 is 16.8 Å². The van der Waals surface area contributed by atoms with Crippen LogP contribution in [0.4, 0.5) is 22.7 Å². The maximum Gasteiger partial charge on any atom is 0.0647 e. The summed E-state index contributed by atoms with van der Waals surface area (Å²) in [6, 6.07) is 13.4. The van der Waals surface area contributed by atoms with Gasteiger partial charge in [0.2, 0.25) is 0 Å². The number of para-hydroxylation sites is 1. The van der Waals surface area contributed by atoms with Crippen molar-refractivity contribution < 1.29 is 0 Å². The molecule has 0 unspecified atom stereocenters. The van der Waals surface area contributed by atoms with Crippen LogP contribution in [-0.2, 0) is 0 Å². The smallest absolute Gasteiger partial charge is 0.0647 e. The van der Waals surface area contributed by atoms with E-state index in [2.05, 4.69) is 5.32 Å². The highest BCUT2D eigenvalue weighted by Gasteiger charge is 2.02. The molecule has 0 aliphatic carbocycles. The monoisotopic (exact) mass is 213 g/mol. The normalized spacial score (nSPS) is 10.1. The summed E-state index contributed by atoms with van der Waals surface area (Å²) in [5.41, 5.74) is 16.1. The zero-order chi connectivity index (χ0) is 11.5. The first kappa shape index (κ1) is 10.4. The molecule has 2 aromatic rings. The lowest BCUT2D eigenvalue weighted by molar-refractivity contribution is 1.43. The van der Waals surface area contributed by atoms with Gasteiger partial charge in [0.05, 0.1) is 11.4 Å². The minimum absolute atomic E-state index is 0.747. The molecule has 0 bridgehead atoms. The Balaban J connectivity index is 2.30. The van der Waals surface area contributed by atoms with Crippen LogP contribution in [0.25, 0.3) is 0 Å². The number of nitrogens with one attached hydrogen (secondary N) is 1. The SMILES string of the molecule is Cc1cccc(N)c1Nc1ccc(N)cc1. The molecular formula is C13H15N3. The number of rotatable bonds is 2. The van der Waals surface area contributed by atoms with E-state index in [1.807, 2.05) is 49.4 Å². The van der Waals surface area contributed by atoms with Crippen LogP contribution >= 0.6 is 0 Å². The maximum atomic E-state index is 5.91. The van der Waals surface area contributed by atoms with E-state index in [1.165, 1.54) is 0 Å². The summed E-state index contributed by atoms with van der Waals surface area (Å²) in [5, 5.41) is 3.29. The highest BCUT2D eigenvalue weighted by Crippen LogP contribution is 2.26. The first-order valence-corrected chi connectivity index (χ1v) is 5.14. The molecule has 3 nitrogen and oxygen atoms in total. The van der Waals surface area contributed by atoms with Crippen molar-refractivity contribution in [3.63, 3.8) is 0 Å². The largest absolute Gasteiger partial charge is 0.399 e. The first-order valence-electron chi connectivity index (χ1n) is 5.14. The number of anilines is 4. The Hall–Kier alpha value is -2.16. The van der Waals surface area contributed by atoms with Gasteiger partial charge in [0.15, 0.2) is 0 Å². The van der Waals surface area contributed by atoms with Crippen molar-refractivity contribution in [1.82, 2.24) is 0 Å². The molecule has 0 aliphatic rings. The fraction of sp³-hybridized carbons (Fsp3) is 0.0769. The maximum absolute atomic E-state index is 5.91. The quantitative estimate of drug-likeness (QED) is 0.672. The Morgan fingerprint density at radius 2 is 1.62 bits per heavy atom. The van der Waals surface area contributed by atoms with Crippen molar-refractivity contribution >= 4 is 22.7 Å². The molecule has 0 amide bonds. The Kier molecular flexibility index (Phi) is 2.68. The molecule has 0 fully saturated rings. The molecular weight excluding hydrogens is 198 g/mol. The summed E-state index contributed by atoms with van der Waals surface area (Å²) in [5.74, 6) is 0. The summed E-state index contributed by atoms with van der Waals surface area (Å²) in [7, 11) is 0. The Labute approximate surface area is 95.1 Å². The summed E-state index contributed by atoms with van der Waals surface area (Å²) >= 11 is 0. The number of benzene rings is 2. The van der Waals surface area contributed by atoms with Gasteiger partial charge >= 0.3 is 0 Å². The molecule has 5 N–H and O–H groups in total. The molecule has 0 atom stereocenters. The van der Waals surface area contributed by atoms with Crippen molar-refractivity contribution in [3.8, 4) is 0 Å². The minimum Gasteiger partial charge on any atom is -0.399 e. The molecule has 0 spiro atoms. The van der Waals surface area contributed by atoms with Crippen LogP contribution in [0.2, 0.25) is 0 Å². The van der Waals surface area contributed by atoms with Crippen molar-refractivity contribution in [1.29, 1.82) is 0 Å². The average Bonchev–Trinajstić information content (AvgIpc) is 2.26. The van der Waals surface area contributed by atoms with E-state index in [4.69, 9.17) is 11.5 Å². The molecule has 3 heteroatoms. The van der Waals surface area contributed by atoms with Gasteiger partial charge in [0.1, 0.15) is 0 Å². The van der Waals surface area contributed by atoms with E-state index >= 15 is 0 Å². The lowest BCUT2D eigenvalue weighted by Crippen LogP contribution is -1.98. The molecule has 0 saturated carbocycles. The summed E-state index contributed by atoms with van der Waals surface area (Å²) in [6.45, 7) is 2.02. The zero-order valence-electron chi connectivity index (χ0n) is 9.20. The van der Waals surface area contributed by atoms with Gasteiger partial charge < -0.3 is 16.8 Å². The predicted octanol–water partition coefficient (Wildman–Crippen LogP) is 2.90. The van der Waals surface area contributed by atoms with Gasteiger partial charge in [-0.05, 0) is 42.8 Å². The molecule has 16 heavy (non-hydrogen) atoms. The van der Waals surface area contributed by atoms with E-state index in [9.17, 15) is 0 Å². The first-order chi connectivity index (χ1) is 7.66. The summed E-state index contributed by atoms with van der Waals surface area (Å²) in [6.07, 6.45) is 0. The lowest BCUT2D eigenvalue weighted by Gasteiger charge is -2.12. The minimum atomic E-state index is 0.747. The van der Waals surface area contributed by atoms with Gasteiger partial charge in [-0.1, -0.05) is 12.1 Å². The topological polar surface area (TPSA) is 64.1 Å². The predicted molar refractivity (Wildman–Crippen MR) is 69.7 cm³/mol. The highest BCUT2D eigenvalue weighted by molar-refractivity contribution is 5.75. The van der Waals surface area contributed by atoms with Gasteiger partial charge in [-0.2, -0.15) is 0 Å². The molecule has 82 valence electrons. The van der Waals surface area contributed by atoms with Crippen molar-refractivity contribution in [2.75, 3.05) is 16.8 Å². The van der Waals surface area contributed by atoms with Crippen molar-refractivity contribution in [3.05, 3.63) is 48.0 Å². The van der Waals surface area contributed by atoms with Gasteiger partial charge in [0.25, 0.3) is 0 Å². The second kappa shape index (κ2) is 4.14. The van der Waals surface area contributed by atoms with E-state index < -0.39 is 0 Å². The van der Waals surface area contributed by atoms with Crippen LogP contribution in [-0.4, -0.2) is 0 Å². The molecule has 0 radical (unpaired) electrons. The van der Waals surface area contributed by atoms with Crippen LogP contribution in [0, 0.1) is 6.92 Å². The fourth-order valence-electron chi connectivity index (χ4n) is 1.57. The van der Waals surface area contributed by atoms with Crippen molar-refractivity contribution in [2.45, 2.75) is 6.92 Å². The molecule has 0 aliphatic heterocycles. The van der Waals surface area contributed by atoms with Crippen LogP contribution in [0.3, 0.4) is 0 Å². The second-order valence-corrected chi connectivity index (χ2v) is 3.79. The third kappa shape index (κ3) is 2.08. The third-order valence-electron chi connectivity index (χ3n) is 2.49. The van der Waals surface area contributed by atoms with Crippen LogP contribution in [0.1, 0.15) is 5.56 Å². The van der Waals surface area contributed by atoms with E-state index in [0.717, 1.165) is 28.3 Å². The standard InChI is InChI=1S/C13H15N3/c1-9-3-2-4-12(15)13(9)16-11-7-5-10(14)6-8-11/h2-8,16H,14-15H2,1H3. The molecule has 0 saturated heterocycles. The van der Waals surface area contributed by atoms with Gasteiger partial charge in [-0.25, -0.2) is 0 Å². The number of aryl methyl sites for hydroxylation is 1. The van der Waals surface area contributed by atoms with Crippen LogP contribution in [0.15, 0.2) is 42.5 Å². The summed E-state index contributed by atoms with van der Waals surface area (Å²) < 4.78 is 0. The number of nitrogens with two attached hydrogens (primary N) is 2. The highest BCUT2D eigenvalue weighted by atomic mass is 14.9. The summed E-state index contributed by atoms with van der Waals surface area (Å²) in [4.78, 5) is 0. The third-order valence-corrected chi connectivity index (χ3v) is 2.49.